The van der Waals surface area contributed by atoms with Gasteiger partial charge < -0.3 is 24.4 Å². The van der Waals surface area contributed by atoms with Crippen molar-refractivity contribution in [1.29, 1.82) is 5.26 Å². The van der Waals surface area contributed by atoms with E-state index in [0.717, 1.165) is 0 Å². The van der Waals surface area contributed by atoms with Gasteiger partial charge in [-0.15, -0.1) is 0 Å². The Bertz CT molecular complexity index is 1320. The van der Waals surface area contributed by atoms with E-state index in [1.807, 2.05) is 0 Å². The molecule has 2 aromatic carbocycles. The number of benzene rings is 2. The van der Waals surface area contributed by atoms with Crippen LogP contribution in [0.1, 0.15) is 15.9 Å². The molecule has 3 aromatic rings. The molecule has 2 N–H and O–H groups in total. The van der Waals surface area contributed by atoms with Crippen LogP contribution in [0.15, 0.2) is 57.2 Å². The van der Waals surface area contributed by atoms with E-state index in [1.165, 1.54) is 44.6 Å². The standard InChI is InChI=1S/C22H16N2O7/c1-28-15-4-6-17-13(9-15)10-16(21(26)30-17)22(27)31-18-5-3-12(8-19(18)29-2)7-14(11-23)20(24)25/h3-10H,1-2H3,(H2,24,25)/b14-7+. The molecule has 0 aliphatic heterocycles. The fourth-order valence-electron chi connectivity index (χ4n) is 2.71. The summed E-state index contributed by atoms with van der Waals surface area (Å²) in [6.45, 7) is 0. The van der Waals surface area contributed by atoms with E-state index in [0.29, 0.717) is 22.3 Å². The summed E-state index contributed by atoms with van der Waals surface area (Å²) in [5.41, 5.74) is 4.41. The van der Waals surface area contributed by atoms with E-state index in [1.54, 1.807) is 24.3 Å². The van der Waals surface area contributed by atoms with Crippen LogP contribution in [-0.4, -0.2) is 26.1 Å². The maximum atomic E-state index is 12.6. The molecule has 3 rings (SSSR count). The molecule has 0 aliphatic carbocycles. The highest BCUT2D eigenvalue weighted by Crippen LogP contribution is 2.30. The lowest BCUT2D eigenvalue weighted by Crippen LogP contribution is -2.19. The minimum Gasteiger partial charge on any atom is -0.497 e. The number of nitriles is 1. The first-order chi connectivity index (χ1) is 14.9. The van der Waals surface area contributed by atoms with Crippen LogP contribution in [0.2, 0.25) is 0 Å². The topological polar surface area (TPSA) is 142 Å². The number of hydrogen-bond acceptors (Lipinski definition) is 8. The predicted molar refractivity (Wildman–Crippen MR) is 110 cm³/mol. The Hall–Kier alpha value is -4.58. The molecular weight excluding hydrogens is 404 g/mol. The van der Waals surface area contributed by atoms with Crippen molar-refractivity contribution in [3.8, 4) is 23.3 Å². The van der Waals surface area contributed by atoms with Gasteiger partial charge in [0, 0.05) is 5.39 Å². The Morgan fingerprint density at radius 1 is 1.06 bits per heavy atom. The van der Waals surface area contributed by atoms with Crippen LogP contribution >= 0.6 is 0 Å². The fourth-order valence-corrected chi connectivity index (χ4v) is 2.71. The molecule has 0 saturated carbocycles. The quantitative estimate of drug-likeness (QED) is 0.211. The molecule has 1 amide bonds. The number of carbonyl (C=O) groups excluding carboxylic acids is 2. The summed E-state index contributed by atoms with van der Waals surface area (Å²) in [5.74, 6) is -1.15. The van der Waals surface area contributed by atoms with Crippen molar-refractivity contribution in [1.82, 2.24) is 0 Å². The zero-order valence-electron chi connectivity index (χ0n) is 16.5. The van der Waals surface area contributed by atoms with Crippen molar-refractivity contribution >= 4 is 28.9 Å². The van der Waals surface area contributed by atoms with Gasteiger partial charge in [0.2, 0.25) is 0 Å². The summed E-state index contributed by atoms with van der Waals surface area (Å²) in [7, 11) is 2.83. The zero-order valence-corrected chi connectivity index (χ0v) is 16.5. The van der Waals surface area contributed by atoms with Gasteiger partial charge in [-0.25, -0.2) is 9.59 Å². The average molecular weight is 420 g/mol. The van der Waals surface area contributed by atoms with Gasteiger partial charge in [0.15, 0.2) is 11.5 Å². The van der Waals surface area contributed by atoms with E-state index in [2.05, 4.69) is 0 Å². The maximum Gasteiger partial charge on any atom is 0.351 e. The maximum absolute atomic E-state index is 12.6. The number of rotatable bonds is 6. The van der Waals surface area contributed by atoms with E-state index in [4.69, 9.17) is 29.6 Å². The highest BCUT2D eigenvalue weighted by molar-refractivity contribution is 6.00. The highest BCUT2D eigenvalue weighted by atomic mass is 16.6. The second-order valence-electron chi connectivity index (χ2n) is 6.19. The van der Waals surface area contributed by atoms with Gasteiger partial charge in [-0.3, -0.25) is 4.79 Å². The Morgan fingerprint density at radius 2 is 1.84 bits per heavy atom. The number of methoxy groups -OCH3 is 2. The van der Waals surface area contributed by atoms with Crippen LogP contribution in [0.4, 0.5) is 0 Å². The summed E-state index contributed by atoms with van der Waals surface area (Å²) in [4.78, 5) is 36.1. The molecule has 0 aliphatic rings. The number of amides is 1. The molecule has 0 radical (unpaired) electrons. The van der Waals surface area contributed by atoms with Crippen LogP contribution in [0, 0.1) is 11.3 Å². The number of nitrogens with zero attached hydrogens (tertiary/aromatic N) is 1. The molecule has 1 aromatic heterocycles. The molecule has 0 spiro atoms. The van der Waals surface area contributed by atoms with Crippen molar-refractivity contribution in [2.75, 3.05) is 14.2 Å². The molecule has 9 nitrogen and oxygen atoms in total. The first-order valence-corrected chi connectivity index (χ1v) is 8.80. The Balaban J connectivity index is 1.94. The third-order valence-electron chi connectivity index (χ3n) is 4.25. The van der Waals surface area contributed by atoms with Gasteiger partial charge in [0.05, 0.1) is 14.2 Å². The van der Waals surface area contributed by atoms with E-state index in [9.17, 15) is 14.4 Å². The molecule has 0 saturated heterocycles. The second kappa shape index (κ2) is 8.84. The van der Waals surface area contributed by atoms with E-state index < -0.39 is 17.5 Å². The minimum atomic E-state index is -0.949. The lowest BCUT2D eigenvalue weighted by Gasteiger charge is -2.10. The number of primary amides is 1. The van der Waals surface area contributed by atoms with Crippen LogP contribution in [0.25, 0.3) is 17.0 Å². The summed E-state index contributed by atoms with van der Waals surface area (Å²) in [5, 5.41) is 9.43. The van der Waals surface area contributed by atoms with Crippen LogP contribution in [0.3, 0.4) is 0 Å². The Labute approximate surface area is 175 Å². The number of fused-ring (bicyclic) bond motifs is 1. The lowest BCUT2D eigenvalue weighted by atomic mass is 10.1. The fraction of sp³-hybridized carbons (Fsp3) is 0.0909. The third-order valence-corrected chi connectivity index (χ3v) is 4.25. The number of carbonyl (C=O) groups is 2. The van der Waals surface area contributed by atoms with E-state index >= 15 is 0 Å². The van der Waals surface area contributed by atoms with Gasteiger partial charge >= 0.3 is 11.6 Å². The van der Waals surface area contributed by atoms with Gasteiger partial charge in [-0.05, 0) is 48.0 Å². The molecule has 0 atom stereocenters. The first-order valence-electron chi connectivity index (χ1n) is 8.80. The summed E-state index contributed by atoms with van der Waals surface area (Å²) >= 11 is 0. The largest absolute Gasteiger partial charge is 0.497 e. The van der Waals surface area contributed by atoms with Crippen molar-refractivity contribution in [3.63, 3.8) is 0 Å². The van der Waals surface area contributed by atoms with Crippen molar-refractivity contribution in [2.24, 2.45) is 5.73 Å². The van der Waals surface area contributed by atoms with Crippen LogP contribution in [-0.2, 0) is 4.79 Å². The second-order valence-corrected chi connectivity index (χ2v) is 6.19. The zero-order chi connectivity index (χ0) is 22.5. The van der Waals surface area contributed by atoms with Crippen LogP contribution in [0.5, 0.6) is 17.2 Å². The molecule has 0 unspecified atom stereocenters. The molecule has 9 heteroatoms. The highest BCUT2D eigenvalue weighted by Gasteiger charge is 2.19. The van der Waals surface area contributed by atoms with Gasteiger partial charge in [-0.1, -0.05) is 6.07 Å². The van der Waals surface area contributed by atoms with Crippen LogP contribution < -0.4 is 25.6 Å². The Morgan fingerprint density at radius 3 is 2.48 bits per heavy atom. The van der Waals surface area contributed by atoms with Crippen molar-refractivity contribution in [3.05, 3.63) is 69.6 Å². The summed E-state index contributed by atoms with van der Waals surface area (Å²) in [6.07, 6.45) is 1.27. The summed E-state index contributed by atoms with van der Waals surface area (Å²) < 4.78 is 20.8. The predicted octanol–water partition coefficient (Wildman–Crippen LogP) is 2.42. The van der Waals surface area contributed by atoms with Crippen molar-refractivity contribution in [2.45, 2.75) is 0 Å². The normalized spacial score (nSPS) is 10.9. The molecule has 156 valence electrons. The molecule has 0 bridgehead atoms. The Kier molecular flexibility index (Phi) is 6.02. The number of nitrogens with two attached hydrogens (primary N) is 1. The van der Waals surface area contributed by atoms with E-state index in [-0.39, 0.29) is 22.6 Å². The average Bonchev–Trinajstić information content (AvgIpc) is 2.77. The molecule has 1 heterocycles. The smallest absolute Gasteiger partial charge is 0.351 e. The first kappa shape index (κ1) is 21.1. The third kappa shape index (κ3) is 4.54. The van der Waals surface area contributed by atoms with Crippen molar-refractivity contribution < 1.29 is 28.2 Å². The van der Waals surface area contributed by atoms with Gasteiger partial charge in [-0.2, -0.15) is 5.26 Å². The van der Waals surface area contributed by atoms with Gasteiger partial charge in [0.1, 0.15) is 28.5 Å². The molecular formula is C22H16N2O7. The number of esters is 1. The molecule has 31 heavy (non-hydrogen) atoms. The lowest BCUT2D eigenvalue weighted by molar-refractivity contribution is -0.114. The monoisotopic (exact) mass is 420 g/mol. The summed E-state index contributed by atoms with van der Waals surface area (Å²) in [6, 6.07) is 12.2. The number of ether oxygens (including phenoxy) is 3. The van der Waals surface area contributed by atoms with Gasteiger partial charge in [0.25, 0.3) is 5.91 Å². The minimum absolute atomic E-state index is 0.0207. The SMILES string of the molecule is COc1ccc2oc(=O)c(C(=O)Oc3ccc(/C=C(\C#N)C(N)=O)cc3OC)cc2c1. The number of hydrogen-bond donors (Lipinski definition) is 1. The molecule has 0 fully saturated rings.